The van der Waals surface area contributed by atoms with Crippen LogP contribution in [0.1, 0.15) is 0 Å². The largest absolute Gasteiger partial charge is 0.354 e. The molecule has 1 aliphatic rings. The second-order valence-corrected chi connectivity index (χ2v) is 8.14. The summed E-state index contributed by atoms with van der Waals surface area (Å²) in [6.45, 7) is 3.69. The van der Waals surface area contributed by atoms with Gasteiger partial charge in [-0.3, -0.25) is 9.48 Å². The molecule has 0 spiro atoms. The summed E-state index contributed by atoms with van der Waals surface area (Å²) in [4.78, 5) is 23.0. The molecule has 3 aromatic heterocycles. The highest BCUT2D eigenvalue weighted by atomic mass is 35.5. The van der Waals surface area contributed by atoms with Gasteiger partial charge in [0.25, 0.3) is 0 Å². The predicted molar refractivity (Wildman–Crippen MR) is 126 cm³/mol. The molecular weight excluding hydrogens is 453 g/mol. The van der Waals surface area contributed by atoms with E-state index in [4.69, 9.17) is 0 Å². The van der Waals surface area contributed by atoms with E-state index >= 15 is 0 Å². The summed E-state index contributed by atoms with van der Waals surface area (Å²) in [7, 11) is 0. The Morgan fingerprint density at radius 2 is 2.03 bits per heavy atom. The fourth-order valence-electron chi connectivity index (χ4n) is 3.61. The Hall–Kier alpha value is -3.08. The maximum atomic E-state index is 14.8. The van der Waals surface area contributed by atoms with Crippen molar-refractivity contribution in [3.8, 4) is 11.1 Å². The van der Waals surface area contributed by atoms with Crippen molar-refractivity contribution in [3.05, 3.63) is 54.1 Å². The molecule has 0 saturated carbocycles. The predicted octanol–water partition coefficient (Wildman–Crippen LogP) is 3.16. The maximum Gasteiger partial charge on any atom is 0.247 e. The number of anilines is 2. The van der Waals surface area contributed by atoms with E-state index in [0.717, 1.165) is 37.6 Å². The Bertz CT molecular complexity index is 1210. The molecule has 32 heavy (non-hydrogen) atoms. The topological polar surface area (TPSA) is 88.0 Å². The van der Waals surface area contributed by atoms with Crippen LogP contribution in [0.2, 0.25) is 0 Å². The number of fused-ring (bicyclic) bond motifs is 1. The van der Waals surface area contributed by atoms with Crippen LogP contribution in [0.3, 0.4) is 0 Å². The smallest absolute Gasteiger partial charge is 0.247 e. The van der Waals surface area contributed by atoms with Gasteiger partial charge in [-0.05, 0) is 29.8 Å². The fraction of sp³-hybridized carbons (Fsp3) is 0.238. The van der Waals surface area contributed by atoms with Crippen LogP contribution < -0.4 is 15.5 Å². The molecule has 166 valence electrons. The van der Waals surface area contributed by atoms with Gasteiger partial charge < -0.3 is 15.5 Å². The van der Waals surface area contributed by atoms with Gasteiger partial charge in [-0.25, -0.2) is 14.4 Å². The Morgan fingerprint density at radius 3 is 2.75 bits per heavy atom. The molecule has 1 amide bonds. The number of rotatable bonds is 5. The molecule has 1 aromatic carbocycles. The lowest BCUT2D eigenvalue weighted by molar-refractivity contribution is -0.116. The van der Waals surface area contributed by atoms with Gasteiger partial charge in [0.05, 0.1) is 10.9 Å². The number of hydrogen-bond acceptors (Lipinski definition) is 7. The molecule has 4 heterocycles. The molecule has 5 rings (SSSR count). The standard InChI is InChI=1S/C21H20FN7OS.ClH/c22-17-9-15(14-1-2-19(25-11-14)28-6-3-23-4-7-28)10-18-16(17)12-29(27-18)13-20(30)26-21-24-5-8-31-21;/h1-2,5,8-12,23H,3-4,6-7,13H2,(H,24,26,30);1H. The van der Waals surface area contributed by atoms with E-state index in [0.29, 0.717) is 21.6 Å². The molecule has 2 N–H and O–H groups in total. The lowest BCUT2D eigenvalue weighted by Crippen LogP contribution is -2.43. The van der Waals surface area contributed by atoms with Crippen molar-refractivity contribution in [1.29, 1.82) is 0 Å². The summed E-state index contributed by atoms with van der Waals surface area (Å²) >= 11 is 1.33. The first-order valence-electron chi connectivity index (χ1n) is 9.94. The van der Waals surface area contributed by atoms with Gasteiger partial charge in [-0.15, -0.1) is 23.7 Å². The molecule has 1 aliphatic heterocycles. The van der Waals surface area contributed by atoms with Gasteiger partial charge in [-0.2, -0.15) is 5.10 Å². The lowest BCUT2D eigenvalue weighted by Gasteiger charge is -2.28. The van der Waals surface area contributed by atoms with Crippen LogP contribution in [-0.4, -0.2) is 51.8 Å². The summed E-state index contributed by atoms with van der Waals surface area (Å²) < 4.78 is 16.2. The summed E-state index contributed by atoms with van der Waals surface area (Å²) in [6.07, 6.45) is 4.92. The summed E-state index contributed by atoms with van der Waals surface area (Å²) in [5.74, 6) is 0.267. The Kier molecular flexibility index (Phi) is 6.63. The van der Waals surface area contributed by atoms with Gasteiger partial charge in [0.15, 0.2) is 5.13 Å². The molecule has 0 aliphatic carbocycles. The molecule has 1 saturated heterocycles. The van der Waals surface area contributed by atoms with Crippen molar-refractivity contribution in [2.45, 2.75) is 6.54 Å². The minimum atomic E-state index is -0.384. The van der Waals surface area contributed by atoms with E-state index in [1.54, 1.807) is 24.0 Å². The van der Waals surface area contributed by atoms with Crippen LogP contribution in [0.25, 0.3) is 22.0 Å². The van der Waals surface area contributed by atoms with Crippen molar-refractivity contribution in [3.63, 3.8) is 0 Å². The van der Waals surface area contributed by atoms with Crippen LogP contribution in [0, 0.1) is 5.82 Å². The number of carbonyl (C=O) groups excluding carboxylic acids is 1. The highest BCUT2D eigenvalue weighted by molar-refractivity contribution is 7.13. The molecule has 0 unspecified atom stereocenters. The highest BCUT2D eigenvalue weighted by Crippen LogP contribution is 2.27. The number of nitrogens with zero attached hydrogens (tertiary/aromatic N) is 5. The van der Waals surface area contributed by atoms with Gasteiger partial charge in [0, 0.05) is 55.7 Å². The van der Waals surface area contributed by atoms with Crippen molar-refractivity contribution in [1.82, 2.24) is 25.1 Å². The number of hydrogen-bond donors (Lipinski definition) is 2. The molecule has 8 nitrogen and oxygen atoms in total. The van der Waals surface area contributed by atoms with Gasteiger partial charge >= 0.3 is 0 Å². The number of amides is 1. The Balaban J connectivity index is 0.00000245. The first-order valence-corrected chi connectivity index (χ1v) is 10.8. The number of aromatic nitrogens is 4. The van der Waals surface area contributed by atoms with E-state index in [9.17, 15) is 9.18 Å². The third-order valence-electron chi connectivity index (χ3n) is 5.13. The second kappa shape index (κ2) is 9.60. The Labute approximate surface area is 193 Å². The summed E-state index contributed by atoms with van der Waals surface area (Å²) in [6, 6.07) is 7.20. The monoisotopic (exact) mass is 473 g/mol. The number of piperazine rings is 1. The van der Waals surface area contributed by atoms with Crippen molar-refractivity contribution >= 4 is 51.5 Å². The zero-order chi connectivity index (χ0) is 21.2. The number of halogens is 2. The highest BCUT2D eigenvalue weighted by Gasteiger charge is 2.14. The molecule has 0 radical (unpaired) electrons. The zero-order valence-electron chi connectivity index (χ0n) is 17.0. The lowest BCUT2D eigenvalue weighted by atomic mass is 10.1. The quantitative estimate of drug-likeness (QED) is 0.463. The number of benzene rings is 1. The molecular formula is C21H21ClFN7OS. The minimum absolute atomic E-state index is 0. The zero-order valence-corrected chi connectivity index (χ0v) is 18.6. The third kappa shape index (κ3) is 4.72. The fourth-order valence-corrected chi connectivity index (χ4v) is 4.15. The molecule has 0 atom stereocenters. The third-order valence-corrected chi connectivity index (χ3v) is 5.82. The van der Waals surface area contributed by atoms with Crippen molar-refractivity contribution < 1.29 is 9.18 Å². The van der Waals surface area contributed by atoms with Crippen molar-refractivity contribution in [2.24, 2.45) is 0 Å². The average Bonchev–Trinajstić information content (AvgIpc) is 3.44. The van der Waals surface area contributed by atoms with E-state index in [1.165, 1.54) is 22.1 Å². The number of carbonyl (C=O) groups is 1. The van der Waals surface area contributed by atoms with Crippen LogP contribution in [-0.2, 0) is 11.3 Å². The molecule has 4 aromatic rings. The summed E-state index contributed by atoms with van der Waals surface area (Å²) in [5, 5.41) is 13.1. The normalized spacial score (nSPS) is 13.7. The van der Waals surface area contributed by atoms with E-state index in [1.807, 2.05) is 18.2 Å². The maximum absolute atomic E-state index is 14.8. The number of pyridine rings is 1. The van der Waals surface area contributed by atoms with E-state index < -0.39 is 0 Å². The molecule has 0 bridgehead atoms. The van der Waals surface area contributed by atoms with Gasteiger partial charge in [0.2, 0.25) is 5.91 Å². The number of thiazole rings is 1. The first-order chi connectivity index (χ1) is 15.2. The van der Waals surface area contributed by atoms with Crippen LogP contribution in [0.15, 0.2) is 48.2 Å². The number of nitrogens with one attached hydrogen (secondary N) is 2. The molecule has 11 heteroatoms. The first kappa shape index (κ1) is 22.1. The van der Waals surface area contributed by atoms with Crippen LogP contribution in [0.4, 0.5) is 15.3 Å². The van der Waals surface area contributed by atoms with Crippen LogP contribution in [0.5, 0.6) is 0 Å². The van der Waals surface area contributed by atoms with Crippen LogP contribution >= 0.6 is 23.7 Å². The minimum Gasteiger partial charge on any atom is -0.354 e. The van der Waals surface area contributed by atoms with Gasteiger partial charge in [0.1, 0.15) is 18.2 Å². The Morgan fingerprint density at radius 1 is 1.19 bits per heavy atom. The van der Waals surface area contributed by atoms with Gasteiger partial charge in [-0.1, -0.05) is 0 Å². The van der Waals surface area contributed by atoms with Crippen molar-refractivity contribution in [2.75, 3.05) is 36.4 Å². The average molecular weight is 474 g/mol. The second-order valence-electron chi connectivity index (χ2n) is 7.25. The summed E-state index contributed by atoms with van der Waals surface area (Å²) in [5.41, 5.74) is 2.00. The van der Waals surface area contributed by atoms with E-state index in [-0.39, 0.29) is 30.7 Å². The van der Waals surface area contributed by atoms with E-state index in [2.05, 4.69) is 30.6 Å². The molecule has 1 fully saturated rings. The SMILES string of the molecule is Cl.O=C(Cn1cc2c(F)cc(-c3ccc(N4CCNCC4)nc3)cc2n1)Nc1nccs1.